The topological polar surface area (TPSA) is 47.4 Å². The fourth-order valence-corrected chi connectivity index (χ4v) is 4.94. The summed E-state index contributed by atoms with van der Waals surface area (Å²) in [5, 5.41) is 5.33. The molecule has 3 aromatic rings. The van der Waals surface area contributed by atoms with E-state index in [0.29, 0.717) is 33.1 Å². The van der Waals surface area contributed by atoms with Gasteiger partial charge in [0.25, 0.3) is 5.91 Å². The van der Waals surface area contributed by atoms with Crippen LogP contribution in [0.3, 0.4) is 0 Å². The monoisotopic (exact) mass is 483 g/mol. The van der Waals surface area contributed by atoms with E-state index in [1.165, 1.54) is 11.8 Å². The van der Waals surface area contributed by atoms with Gasteiger partial charge in [-0.15, -0.1) is 0 Å². The molecule has 0 saturated carbocycles. The molecule has 0 N–H and O–H groups in total. The van der Waals surface area contributed by atoms with Crippen molar-refractivity contribution in [1.82, 2.24) is 14.7 Å². The Hall–Kier alpha value is -2.61. The fraction of sp³-hybridized carbons (Fsp3) is 0.208. The standard InChI is InChI=1S/C24H22ClN3O2S2/c1-3-12-27-23(29)21(32-24(27)31)14-17-15-28(18-8-6-5-7-9-18)26-22(17)16-10-11-20(30-4-2)19(25)13-16/h5-11,13-15H,3-4,12H2,1-2H3. The second kappa shape index (κ2) is 9.90. The number of rotatable bonds is 7. The minimum Gasteiger partial charge on any atom is -0.492 e. The number of carbonyl (C=O) groups excluding carboxylic acids is 1. The number of halogens is 1. The van der Waals surface area contributed by atoms with Gasteiger partial charge in [-0.2, -0.15) is 5.10 Å². The van der Waals surface area contributed by atoms with Crippen LogP contribution in [0.4, 0.5) is 0 Å². The minimum atomic E-state index is -0.0648. The van der Waals surface area contributed by atoms with Crippen molar-refractivity contribution in [2.45, 2.75) is 20.3 Å². The Balaban J connectivity index is 1.80. The van der Waals surface area contributed by atoms with Crippen molar-refractivity contribution in [3.8, 4) is 22.7 Å². The van der Waals surface area contributed by atoms with Crippen LogP contribution in [-0.2, 0) is 4.79 Å². The lowest BCUT2D eigenvalue weighted by molar-refractivity contribution is -0.122. The highest BCUT2D eigenvalue weighted by Gasteiger charge is 2.31. The number of hydrogen-bond donors (Lipinski definition) is 0. The largest absolute Gasteiger partial charge is 0.492 e. The van der Waals surface area contributed by atoms with Crippen molar-refractivity contribution >= 4 is 51.9 Å². The summed E-state index contributed by atoms with van der Waals surface area (Å²) in [6.45, 7) is 5.09. The van der Waals surface area contributed by atoms with E-state index in [1.54, 1.807) is 9.58 Å². The lowest BCUT2D eigenvalue weighted by Gasteiger charge is -2.11. The highest BCUT2D eigenvalue weighted by molar-refractivity contribution is 8.26. The predicted molar refractivity (Wildman–Crippen MR) is 135 cm³/mol. The van der Waals surface area contributed by atoms with Gasteiger partial charge >= 0.3 is 0 Å². The lowest BCUT2D eigenvalue weighted by Crippen LogP contribution is -2.28. The predicted octanol–water partition coefficient (Wildman–Crippen LogP) is 6.20. The van der Waals surface area contributed by atoms with Gasteiger partial charge in [-0.1, -0.05) is 60.7 Å². The quantitative estimate of drug-likeness (QED) is 0.295. The van der Waals surface area contributed by atoms with Crippen LogP contribution in [0.5, 0.6) is 5.75 Å². The van der Waals surface area contributed by atoms with Crippen LogP contribution in [0, 0.1) is 0 Å². The summed E-state index contributed by atoms with van der Waals surface area (Å²) in [5.74, 6) is 0.562. The number of ether oxygens (including phenoxy) is 1. The van der Waals surface area contributed by atoms with Crippen LogP contribution in [0.15, 0.2) is 59.6 Å². The van der Waals surface area contributed by atoms with Gasteiger partial charge in [0.05, 0.1) is 22.2 Å². The molecular formula is C24H22ClN3O2S2. The van der Waals surface area contributed by atoms with Crippen LogP contribution in [0.25, 0.3) is 23.0 Å². The fourth-order valence-electron chi connectivity index (χ4n) is 3.41. The number of nitrogens with zero attached hydrogens (tertiary/aromatic N) is 3. The number of thioether (sulfide) groups is 1. The molecular weight excluding hydrogens is 462 g/mol. The zero-order chi connectivity index (χ0) is 22.7. The number of thiocarbonyl (C=S) groups is 1. The zero-order valence-corrected chi connectivity index (χ0v) is 20.1. The summed E-state index contributed by atoms with van der Waals surface area (Å²) < 4.78 is 7.95. The highest BCUT2D eigenvalue weighted by atomic mass is 35.5. The van der Waals surface area contributed by atoms with Gasteiger partial charge in [0.15, 0.2) is 0 Å². The first-order valence-corrected chi connectivity index (χ1v) is 11.9. The van der Waals surface area contributed by atoms with Gasteiger partial charge in [0.1, 0.15) is 15.8 Å². The summed E-state index contributed by atoms with van der Waals surface area (Å²) in [4.78, 5) is 15.1. The van der Waals surface area contributed by atoms with E-state index in [0.717, 1.165) is 28.9 Å². The number of carbonyl (C=O) groups is 1. The number of hydrogen-bond acceptors (Lipinski definition) is 5. The van der Waals surface area contributed by atoms with Crippen LogP contribution in [0.1, 0.15) is 25.8 Å². The van der Waals surface area contributed by atoms with Gasteiger partial charge in [0.2, 0.25) is 0 Å². The van der Waals surface area contributed by atoms with Crippen molar-refractivity contribution in [1.29, 1.82) is 0 Å². The average Bonchev–Trinajstić information content (AvgIpc) is 3.33. The van der Waals surface area contributed by atoms with Gasteiger partial charge in [-0.25, -0.2) is 4.68 Å². The molecule has 32 heavy (non-hydrogen) atoms. The molecule has 1 amide bonds. The van der Waals surface area contributed by atoms with Crippen LogP contribution in [0.2, 0.25) is 5.02 Å². The molecule has 1 saturated heterocycles. The maximum Gasteiger partial charge on any atom is 0.266 e. The molecule has 1 aromatic heterocycles. The maximum absolute atomic E-state index is 12.9. The third kappa shape index (κ3) is 4.60. The summed E-state index contributed by atoms with van der Waals surface area (Å²) in [6, 6.07) is 15.4. The van der Waals surface area contributed by atoms with E-state index in [2.05, 4.69) is 0 Å². The number of para-hydroxylation sites is 1. The summed E-state index contributed by atoms with van der Waals surface area (Å²) >= 11 is 13.2. The molecule has 1 aliphatic heterocycles. The molecule has 0 radical (unpaired) electrons. The normalized spacial score (nSPS) is 15.1. The molecule has 0 bridgehead atoms. The molecule has 4 rings (SSSR count). The summed E-state index contributed by atoms with van der Waals surface area (Å²) in [7, 11) is 0. The molecule has 1 fully saturated rings. The average molecular weight is 484 g/mol. The SMILES string of the molecule is CCCN1C(=O)C(=Cc2cn(-c3ccccc3)nc2-c2ccc(OCC)c(Cl)c2)SC1=S. The molecule has 164 valence electrons. The number of benzene rings is 2. The van der Waals surface area contributed by atoms with E-state index < -0.39 is 0 Å². The Kier molecular flexibility index (Phi) is 6.98. The van der Waals surface area contributed by atoms with Crippen LogP contribution in [-0.4, -0.2) is 38.1 Å². The third-order valence-electron chi connectivity index (χ3n) is 4.88. The number of amides is 1. The van der Waals surface area contributed by atoms with E-state index in [-0.39, 0.29) is 5.91 Å². The Labute approximate surface area is 202 Å². The van der Waals surface area contributed by atoms with E-state index >= 15 is 0 Å². The first-order chi connectivity index (χ1) is 15.5. The first-order valence-electron chi connectivity index (χ1n) is 10.3. The van der Waals surface area contributed by atoms with Gasteiger partial charge in [0, 0.05) is 23.9 Å². The minimum absolute atomic E-state index is 0.0648. The third-order valence-corrected chi connectivity index (χ3v) is 6.55. The molecule has 8 heteroatoms. The molecule has 0 atom stereocenters. The molecule has 0 unspecified atom stereocenters. The Morgan fingerprint density at radius 2 is 1.97 bits per heavy atom. The Morgan fingerprint density at radius 3 is 2.66 bits per heavy atom. The van der Waals surface area contributed by atoms with Crippen molar-refractivity contribution < 1.29 is 9.53 Å². The van der Waals surface area contributed by atoms with Crippen molar-refractivity contribution in [3.05, 3.63) is 70.2 Å². The van der Waals surface area contributed by atoms with Gasteiger partial charge in [-0.3, -0.25) is 9.69 Å². The second-order valence-electron chi connectivity index (χ2n) is 7.12. The smallest absolute Gasteiger partial charge is 0.266 e. The molecule has 2 aromatic carbocycles. The molecule has 5 nitrogen and oxygen atoms in total. The second-order valence-corrected chi connectivity index (χ2v) is 9.21. The van der Waals surface area contributed by atoms with E-state index in [1.807, 2.05) is 74.7 Å². The highest BCUT2D eigenvalue weighted by Crippen LogP contribution is 2.36. The number of aromatic nitrogens is 2. The lowest BCUT2D eigenvalue weighted by atomic mass is 10.1. The Bertz CT molecular complexity index is 1190. The van der Waals surface area contributed by atoms with Crippen molar-refractivity contribution in [2.75, 3.05) is 13.2 Å². The molecule has 2 heterocycles. The Morgan fingerprint density at radius 1 is 1.19 bits per heavy atom. The van der Waals surface area contributed by atoms with Crippen molar-refractivity contribution in [2.24, 2.45) is 0 Å². The van der Waals surface area contributed by atoms with Crippen LogP contribution >= 0.6 is 35.6 Å². The van der Waals surface area contributed by atoms with E-state index in [4.69, 9.17) is 33.7 Å². The zero-order valence-electron chi connectivity index (χ0n) is 17.7. The molecule has 0 aliphatic carbocycles. The van der Waals surface area contributed by atoms with Gasteiger partial charge < -0.3 is 4.74 Å². The first kappa shape index (κ1) is 22.6. The summed E-state index contributed by atoms with van der Waals surface area (Å²) in [6.07, 6.45) is 4.63. The maximum atomic E-state index is 12.9. The van der Waals surface area contributed by atoms with E-state index in [9.17, 15) is 4.79 Å². The van der Waals surface area contributed by atoms with Crippen molar-refractivity contribution in [3.63, 3.8) is 0 Å². The van der Waals surface area contributed by atoms with Crippen LogP contribution < -0.4 is 4.74 Å². The summed E-state index contributed by atoms with van der Waals surface area (Å²) in [5.41, 5.74) is 3.29. The molecule has 1 aliphatic rings. The van der Waals surface area contributed by atoms with Gasteiger partial charge in [-0.05, 0) is 49.8 Å². The molecule has 0 spiro atoms.